The maximum Gasteiger partial charge on any atom is 0.0652 e. The molecule has 3 atom stereocenters. The van der Waals surface area contributed by atoms with Gasteiger partial charge in [-0.25, -0.2) is 0 Å². The molecule has 0 amide bonds. The van der Waals surface area contributed by atoms with E-state index in [0.717, 1.165) is 24.0 Å². The highest BCUT2D eigenvalue weighted by Crippen LogP contribution is 2.66. The van der Waals surface area contributed by atoms with E-state index in [1.165, 1.54) is 44.2 Å². The molecule has 3 unspecified atom stereocenters. The van der Waals surface area contributed by atoms with Gasteiger partial charge >= 0.3 is 0 Å². The molecule has 4 bridgehead atoms. The Morgan fingerprint density at radius 1 is 1.33 bits per heavy atom. The molecule has 4 saturated carbocycles. The number of aliphatic hydroxyl groups is 1. The van der Waals surface area contributed by atoms with E-state index in [1.54, 1.807) is 0 Å². The Labute approximate surface area is 127 Å². The molecule has 3 heteroatoms. The molecule has 1 N–H and O–H groups in total. The van der Waals surface area contributed by atoms with Gasteiger partial charge in [0, 0.05) is 19.2 Å². The van der Waals surface area contributed by atoms with Crippen molar-refractivity contribution in [1.29, 1.82) is 0 Å². The lowest BCUT2D eigenvalue weighted by Crippen LogP contribution is -2.55. The highest BCUT2D eigenvalue weighted by Gasteiger charge is 2.58. The van der Waals surface area contributed by atoms with Crippen molar-refractivity contribution in [3.63, 3.8) is 0 Å². The van der Waals surface area contributed by atoms with Gasteiger partial charge in [0.05, 0.1) is 11.8 Å². The predicted molar refractivity (Wildman–Crippen MR) is 82.9 cm³/mol. The van der Waals surface area contributed by atoms with Gasteiger partial charge in [0.25, 0.3) is 0 Å². The zero-order valence-corrected chi connectivity index (χ0v) is 13.6. The van der Waals surface area contributed by atoms with Crippen LogP contribution in [0.2, 0.25) is 0 Å². The maximum atomic E-state index is 11.1. The molecular weight excluding hydrogens is 260 g/mol. The van der Waals surface area contributed by atoms with Crippen LogP contribution in [0.5, 0.6) is 0 Å². The number of rotatable bonds is 3. The highest BCUT2D eigenvalue weighted by molar-refractivity contribution is 5.14. The zero-order chi connectivity index (χ0) is 14.8. The summed E-state index contributed by atoms with van der Waals surface area (Å²) < 4.78 is 1.95. The van der Waals surface area contributed by atoms with E-state index in [0.29, 0.717) is 5.41 Å². The molecule has 21 heavy (non-hydrogen) atoms. The third kappa shape index (κ3) is 2.16. The lowest BCUT2D eigenvalue weighted by Gasteiger charge is -2.62. The molecule has 4 aliphatic carbocycles. The summed E-state index contributed by atoms with van der Waals surface area (Å²) in [5.41, 5.74) is 2.93. The van der Waals surface area contributed by atoms with E-state index < -0.39 is 0 Å². The van der Waals surface area contributed by atoms with Crippen molar-refractivity contribution in [2.45, 2.75) is 64.9 Å². The van der Waals surface area contributed by atoms with Crippen LogP contribution in [0.1, 0.15) is 56.8 Å². The van der Waals surface area contributed by atoms with Crippen molar-refractivity contribution in [3.8, 4) is 0 Å². The van der Waals surface area contributed by atoms with Gasteiger partial charge in [0.1, 0.15) is 0 Å². The van der Waals surface area contributed by atoms with Gasteiger partial charge in [-0.3, -0.25) is 4.68 Å². The Morgan fingerprint density at radius 3 is 2.52 bits per heavy atom. The number of nitrogens with zero attached hydrogens (tertiary/aromatic N) is 2. The maximum absolute atomic E-state index is 11.1. The van der Waals surface area contributed by atoms with Crippen LogP contribution in [0, 0.1) is 29.6 Å². The molecule has 5 rings (SSSR count). The summed E-state index contributed by atoms with van der Waals surface area (Å²) in [6.45, 7) is 4.50. The third-order valence-corrected chi connectivity index (χ3v) is 6.61. The standard InChI is InChI=1S/C18H28N2O/c1-12-4-15(20(3)19-12)6-16(21)18-9-13-5-14(10-18)8-17(2,7-13)11-18/h4,13-14,16,21H,5-11H2,1-3H3. The SMILES string of the molecule is Cc1cc(CC(O)C23CC4CC(CC(C)(C4)C2)C3)n(C)n1. The van der Waals surface area contributed by atoms with Gasteiger partial charge < -0.3 is 5.11 Å². The zero-order valence-electron chi connectivity index (χ0n) is 13.6. The fourth-order valence-corrected chi connectivity index (χ4v) is 6.46. The Kier molecular flexibility index (Phi) is 2.86. The minimum atomic E-state index is -0.197. The summed E-state index contributed by atoms with van der Waals surface area (Å²) in [7, 11) is 2.00. The molecule has 4 fully saturated rings. The summed E-state index contributed by atoms with van der Waals surface area (Å²) in [5.74, 6) is 1.75. The lowest BCUT2D eigenvalue weighted by atomic mass is 9.43. The van der Waals surface area contributed by atoms with Crippen LogP contribution >= 0.6 is 0 Å². The van der Waals surface area contributed by atoms with E-state index >= 15 is 0 Å². The minimum absolute atomic E-state index is 0.191. The average Bonchev–Trinajstić information content (AvgIpc) is 2.64. The van der Waals surface area contributed by atoms with E-state index in [-0.39, 0.29) is 11.5 Å². The molecule has 0 radical (unpaired) electrons. The lowest BCUT2D eigenvalue weighted by molar-refractivity contribution is -0.152. The van der Waals surface area contributed by atoms with Crippen molar-refractivity contribution in [1.82, 2.24) is 9.78 Å². The summed E-state index contributed by atoms with van der Waals surface area (Å²) in [5, 5.41) is 15.5. The number of hydrogen-bond acceptors (Lipinski definition) is 2. The van der Waals surface area contributed by atoms with Crippen molar-refractivity contribution in [2.75, 3.05) is 0 Å². The van der Waals surface area contributed by atoms with Crippen molar-refractivity contribution in [2.24, 2.45) is 29.7 Å². The van der Waals surface area contributed by atoms with Gasteiger partial charge in [-0.1, -0.05) is 6.92 Å². The molecule has 0 aromatic carbocycles. The Bertz CT molecular complexity index is 548. The Morgan fingerprint density at radius 2 is 2.00 bits per heavy atom. The van der Waals surface area contributed by atoms with E-state index in [2.05, 4.69) is 18.1 Å². The van der Waals surface area contributed by atoms with Gasteiger partial charge in [0.15, 0.2) is 0 Å². The first kappa shape index (κ1) is 13.8. The number of aromatic nitrogens is 2. The third-order valence-electron chi connectivity index (χ3n) is 6.61. The fourth-order valence-electron chi connectivity index (χ4n) is 6.46. The summed E-state index contributed by atoms with van der Waals surface area (Å²) >= 11 is 0. The van der Waals surface area contributed by atoms with Crippen LogP contribution in [-0.2, 0) is 13.5 Å². The second-order valence-corrected chi connectivity index (χ2v) is 8.75. The predicted octanol–water partition coefficient (Wildman–Crippen LogP) is 3.24. The van der Waals surface area contributed by atoms with E-state index in [9.17, 15) is 5.11 Å². The fraction of sp³-hybridized carbons (Fsp3) is 0.833. The van der Waals surface area contributed by atoms with Crippen molar-refractivity contribution >= 4 is 0 Å². The number of hydrogen-bond donors (Lipinski definition) is 1. The number of aryl methyl sites for hydroxylation is 2. The average molecular weight is 288 g/mol. The largest absolute Gasteiger partial charge is 0.392 e. The molecule has 0 saturated heterocycles. The highest BCUT2D eigenvalue weighted by atomic mass is 16.3. The molecule has 1 aromatic heterocycles. The molecule has 3 nitrogen and oxygen atoms in total. The van der Waals surface area contributed by atoms with Gasteiger partial charge in [-0.05, 0) is 74.2 Å². The first-order valence-corrected chi connectivity index (χ1v) is 8.55. The number of aliphatic hydroxyl groups excluding tert-OH is 1. The van der Waals surface area contributed by atoms with Gasteiger partial charge in [0.2, 0.25) is 0 Å². The smallest absolute Gasteiger partial charge is 0.0652 e. The summed E-state index contributed by atoms with van der Waals surface area (Å²) in [6.07, 6.45) is 8.57. The van der Waals surface area contributed by atoms with Crippen molar-refractivity contribution in [3.05, 3.63) is 17.5 Å². The van der Waals surface area contributed by atoms with Crippen molar-refractivity contribution < 1.29 is 5.11 Å². The molecule has 0 spiro atoms. The molecule has 1 aromatic rings. The van der Waals surface area contributed by atoms with E-state index in [1.807, 2.05) is 18.7 Å². The first-order valence-electron chi connectivity index (χ1n) is 8.55. The molecule has 0 aliphatic heterocycles. The monoisotopic (exact) mass is 288 g/mol. The normalized spacial score (nSPS) is 42.5. The van der Waals surface area contributed by atoms with Gasteiger partial charge in [-0.2, -0.15) is 5.10 Å². The van der Waals surface area contributed by atoms with Crippen LogP contribution < -0.4 is 0 Å². The van der Waals surface area contributed by atoms with E-state index in [4.69, 9.17) is 0 Å². The Balaban J connectivity index is 1.59. The Hall–Kier alpha value is -0.830. The molecule has 4 aliphatic rings. The van der Waals surface area contributed by atoms with Crippen LogP contribution in [0.15, 0.2) is 6.07 Å². The van der Waals surface area contributed by atoms with Crippen LogP contribution in [-0.4, -0.2) is 21.0 Å². The second-order valence-electron chi connectivity index (χ2n) is 8.75. The summed E-state index contributed by atoms with van der Waals surface area (Å²) in [6, 6.07) is 2.13. The molecular formula is C18H28N2O. The summed E-state index contributed by atoms with van der Waals surface area (Å²) in [4.78, 5) is 0. The van der Waals surface area contributed by atoms with Crippen LogP contribution in [0.25, 0.3) is 0 Å². The second kappa shape index (κ2) is 4.34. The van der Waals surface area contributed by atoms with Gasteiger partial charge in [-0.15, -0.1) is 0 Å². The quantitative estimate of drug-likeness (QED) is 0.927. The molecule has 116 valence electrons. The van der Waals surface area contributed by atoms with Crippen LogP contribution in [0.4, 0.5) is 0 Å². The first-order chi connectivity index (χ1) is 9.87. The molecule has 1 heterocycles. The topological polar surface area (TPSA) is 38.0 Å². The minimum Gasteiger partial charge on any atom is -0.392 e. The van der Waals surface area contributed by atoms with Crippen LogP contribution in [0.3, 0.4) is 0 Å².